The number of rotatable bonds is 4. The van der Waals surface area contributed by atoms with E-state index < -0.39 is 0 Å². The predicted molar refractivity (Wildman–Crippen MR) is 64.4 cm³/mol. The molecule has 0 spiro atoms. The Morgan fingerprint density at radius 1 is 1.59 bits per heavy atom. The zero-order valence-corrected chi connectivity index (χ0v) is 10.0. The summed E-state index contributed by atoms with van der Waals surface area (Å²) in [4.78, 5) is 4.07. The first-order chi connectivity index (χ1) is 8.33. The van der Waals surface area contributed by atoms with Crippen molar-refractivity contribution in [3.8, 4) is 11.9 Å². The summed E-state index contributed by atoms with van der Waals surface area (Å²) in [5, 5.41) is 12.4. The fraction of sp³-hybridized carbons (Fsp3) is 0.538. The van der Waals surface area contributed by atoms with Crippen LogP contribution >= 0.6 is 0 Å². The molecule has 1 aromatic rings. The number of nitrogens with zero attached hydrogens (tertiary/aromatic N) is 2. The SMILES string of the molecule is COc1cc(CNC2CCCC2C#N)ccn1. The Bertz CT molecular complexity index is 413. The van der Waals surface area contributed by atoms with E-state index in [0.29, 0.717) is 11.9 Å². The van der Waals surface area contributed by atoms with Crippen LogP contribution in [0.4, 0.5) is 0 Å². The summed E-state index contributed by atoms with van der Waals surface area (Å²) in [6, 6.07) is 6.59. The first-order valence-electron chi connectivity index (χ1n) is 5.95. The highest BCUT2D eigenvalue weighted by Crippen LogP contribution is 2.25. The number of nitrogens with one attached hydrogen (secondary N) is 1. The van der Waals surface area contributed by atoms with Crippen molar-refractivity contribution in [3.63, 3.8) is 0 Å². The van der Waals surface area contributed by atoms with E-state index in [9.17, 15) is 0 Å². The Hall–Kier alpha value is -1.60. The second-order valence-corrected chi connectivity index (χ2v) is 4.36. The molecule has 1 heterocycles. The third-order valence-corrected chi connectivity index (χ3v) is 3.26. The molecule has 1 saturated carbocycles. The summed E-state index contributed by atoms with van der Waals surface area (Å²) in [6.45, 7) is 0.766. The lowest BCUT2D eigenvalue weighted by Gasteiger charge is -2.15. The van der Waals surface area contributed by atoms with E-state index in [4.69, 9.17) is 10.00 Å². The van der Waals surface area contributed by atoms with Crippen LogP contribution in [0.5, 0.6) is 5.88 Å². The summed E-state index contributed by atoms with van der Waals surface area (Å²) in [5.41, 5.74) is 1.14. The maximum atomic E-state index is 9.00. The Kier molecular flexibility index (Phi) is 3.94. The fourth-order valence-corrected chi connectivity index (χ4v) is 2.28. The molecule has 1 aliphatic rings. The molecule has 0 aromatic carbocycles. The first-order valence-corrected chi connectivity index (χ1v) is 5.95. The molecule has 2 rings (SSSR count). The van der Waals surface area contributed by atoms with E-state index in [-0.39, 0.29) is 5.92 Å². The highest BCUT2D eigenvalue weighted by Gasteiger charge is 2.26. The molecule has 4 heteroatoms. The van der Waals surface area contributed by atoms with Gasteiger partial charge in [-0.15, -0.1) is 0 Å². The minimum Gasteiger partial charge on any atom is -0.481 e. The third-order valence-electron chi connectivity index (χ3n) is 3.26. The van der Waals surface area contributed by atoms with Gasteiger partial charge in [0.05, 0.1) is 19.1 Å². The zero-order valence-electron chi connectivity index (χ0n) is 10.0. The van der Waals surface area contributed by atoms with Crippen LogP contribution in [0.2, 0.25) is 0 Å². The number of nitriles is 1. The van der Waals surface area contributed by atoms with Crippen molar-refractivity contribution in [1.82, 2.24) is 10.3 Å². The fourth-order valence-electron chi connectivity index (χ4n) is 2.28. The Morgan fingerprint density at radius 3 is 3.24 bits per heavy atom. The van der Waals surface area contributed by atoms with E-state index in [1.54, 1.807) is 13.3 Å². The average molecular weight is 231 g/mol. The zero-order chi connectivity index (χ0) is 12.1. The van der Waals surface area contributed by atoms with Gasteiger partial charge in [-0.2, -0.15) is 5.26 Å². The van der Waals surface area contributed by atoms with Gasteiger partial charge >= 0.3 is 0 Å². The van der Waals surface area contributed by atoms with E-state index in [1.807, 2.05) is 12.1 Å². The van der Waals surface area contributed by atoms with Gasteiger partial charge in [0.15, 0.2) is 0 Å². The van der Waals surface area contributed by atoms with Gasteiger partial charge in [-0.3, -0.25) is 0 Å². The van der Waals surface area contributed by atoms with E-state index in [0.717, 1.165) is 31.4 Å². The quantitative estimate of drug-likeness (QED) is 0.859. The molecule has 1 aliphatic carbocycles. The lowest BCUT2D eigenvalue weighted by Crippen LogP contribution is -2.31. The molecule has 0 amide bonds. The van der Waals surface area contributed by atoms with Gasteiger partial charge in [0.2, 0.25) is 5.88 Å². The number of hydrogen-bond acceptors (Lipinski definition) is 4. The van der Waals surface area contributed by atoms with Crippen LogP contribution in [0.25, 0.3) is 0 Å². The van der Waals surface area contributed by atoms with Crippen molar-refractivity contribution < 1.29 is 4.74 Å². The monoisotopic (exact) mass is 231 g/mol. The molecular formula is C13H17N3O. The highest BCUT2D eigenvalue weighted by molar-refractivity contribution is 5.20. The van der Waals surface area contributed by atoms with Crippen LogP contribution in [0.1, 0.15) is 24.8 Å². The summed E-state index contributed by atoms with van der Waals surface area (Å²) in [7, 11) is 1.61. The number of hydrogen-bond donors (Lipinski definition) is 1. The van der Waals surface area contributed by atoms with Crippen LogP contribution in [-0.2, 0) is 6.54 Å². The van der Waals surface area contributed by atoms with Crippen LogP contribution < -0.4 is 10.1 Å². The Balaban J connectivity index is 1.91. The molecule has 1 N–H and O–H groups in total. The topological polar surface area (TPSA) is 57.9 Å². The molecule has 0 aliphatic heterocycles. The molecule has 90 valence electrons. The number of methoxy groups -OCH3 is 1. The van der Waals surface area contributed by atoms with Gasteiger partial charge in [-0.1, -0.05) is 6.42 Å². The van der Waals surface area contributed by atoms with Crippen molar-refractivity contribution in [1.29, 1.82) is 5.26 Å². The van der Waals surface area contributed by atoms with Crippen molar-refractivity contribution in [2.75, 3.05) is 7.11 Å². The third kappa shape index (κ3) is 2.95. The smallest absolute Gasteiger partial charge is 0.213 e. The largest absolute Gasteiger partial charge is 0.481 e. The van der Waals surface area contributed by atoms with E-state index in [1.165, 1.54) is 0 Å². The van der Waals surface area contributed by atoms with Crippen molar-refractivity contribution in [2.45, 2.75) is 31.8 Å². The van der Waals surface area contributed by atoms with E-state index >= 15 is 0 Å². The molecule has 2 unspecified atom stereocenters. The summed E-state index contributed by atoms with van der Waals surface area (Å²) in [5.74, 6) is 0.797. The minimum atomic E-state index is 0.165. The Labute approximate surface area is 102 Å². The average Bonchev–Trinajstić information content (AvgIpc) is 2.84. The molecule has 0 bridgehead atoms. The normalized spacial score (nSPS) is 23.3. The van der Waals surface area contributed by atoms with Crippen molar-refractivity contribution in [3.05, 3.63) is 23.9 Å². The summed E-state index contributed by atoms with van der Waals surface area (Å²) < 4.78 is 5.08. The number of aromatic nitrogens is 1. The number of pyridine rings is 1. The standard InChI is InChI=1S/C13H17N3O/c1-17-13-7-10(5-6-15-13)9-16-12-4-2-3-11(12)8-14/h5-7,11-12,16H,2-4,9H2,1H3. The van der Waals surface area contributed by atoms with Crippen molar-refractivity contribution >= 4 is 0 Å². The van der Waals surface area contributed by atoms with Crippen LogP contribution in [0, 0.1) is 17.2 Å². The molecule has 0 saturated heterocycles. The maximum Gasteiger partial charge on any atom is 0.213 e. The molecule has 1 fully saturated rings. The van der Waals surface area contributed by atoms with Crippen molar-refractivity contribution in [2.24, 2.45) is 5.92 Å². The minimum absolute atomic E-state index is 0.165. The van der Waals surface area contributed by atoms with Gasteiger partial charge in [0.1, 0.15) is 0 Å². The Morgan fingerprint density at radius 2 is 2.47 bits per heavy atom. The predicted octanol–water partition coefficient (Wildman–Crippen LogP) is 1.87. The summed E-state index contributed by atoms with van der Waals surface area (Å²) >= 11 is 0. The molecule has 17 heavy (non-hydrogen) atoms. The molecule has 4 nitrogen and oxygen atoms in total. The van der Waals surface area contributed by atoms with Gasteiger partial charge in [-0.05, 0) is 24.5 Å². The molecule has 2 atom stereocenters. The van der Waals surface area contributed by atoms with Crippen LogP contribution in [0.15, 0.2) is 18.3 Å². The molecular weight excluding hydrogens is 214 g/mol. The van der Waals surface area contributed by atoms with Gasteiger partial charge in [-0.25, -0.2) is 4.98 Å². The van der Waals surface area contributed by atoms with Crippen LogP contribution in [-0.4, -0.2) is 18.1 Å². The van der Waals surface area contributed by atoms with Crippen LogP contribution in [0.3, 0.4) is 0 Å². The molecule has 0 radical (unpaired) electrons. The lowest BCUT2D eigenvalue weighted by molar-refractivity contribution is 0.396. The lowest BCUT2D eigenvalue weighted by atomic mass is 10.1. The summed E-state index contributed by atoms with van der Waals surface area (Å²) in [6.07, 6.45) is 5.01. The van der Waals surface area contributed by atoms with Gasteiger partial charge in [0, 0.05) is 24.8 Å². The number of ether oxygens (including phenoxy) is 1. The second kappa shape index (κ2) is 5.65. The second-order valence-electron chi connectivity index (χ2n) is 4.36. The van der Waals surface area contributed by atoms with E-state index in [2.05, 4.69) is 16.4 Å². The first kappa shape index (κ1) is 11.9. The highest BCUT2D eigenvalue weighted by atomic mass is 16.5. The van der Waals surface area contributed by atoms with Gasteiger partial charge < -0.3 is 10.1 Å². The molecule has 1 aromatic heterocycles. The maximum absolute atomic E-state index is 9.00. The van der Waals surface area contributed by atoms with Gasteiger partial charge in [0.25, 0.3) is 0 Å².